The van der Waals surface area contributed by atoms with E-state index in [4.69, 9.17) is 17.3 Å². The lowest BCUT2D eigenvalue weighted by molar-refractivity contribution is 0.639. The Morgan fingerprint density at radius 3 is 2.88 bits per heavy atom. The SMILES string of the molecule is CC(N)c1nc2cccc(Cl)c2n1C1CC1. The second-order valence-corrected chi connectivity index (χ2v) is 4.87. The Morgan fingerprint density at radius 2 is 2.25 bits per heavy atom. The summed E-state index contributed by atoms with van der Waals surface area (Å²) in [5, 5.41) is 0.767. The van der Waals surface area contributed by atoms with Crippen molar-refractivity contribution in [1.82, 2.24) is 9.55 Å². The highest BCUT2D eigenvalue weighted by Crippen LogP contribution is 2.41. The molecule has 1 atom stereocenters. The van der Waals surface area contributed by atoms with E-state index in [-0.39, 0.29) is 6.04 Å². The van der Waals surface area contributed by atoms with Gasteiger partial charge in [-0.25, -0.2) is 4.98 Å². The summed E-state index contributed by atoms with van der Waals surface area (Å²) in [4.78, 5) is 4.59. The fraction of sp³-hybridized carbons (Fsp3) is 0.417. The number of fused-ring (bicyclic) bond motifs is 1. The highest BCUT2D eigenvalue weighted by molar-refractivity contribution is 6.35. The molecule has 1 saturated carbocycles. The van der Waals surface area contributed by atoms with Gasteiger partial charge in [0.25, 0.3) is 0 Å². The van der Waals surface area contributed by atoms with Gasteiger partial charge in [0.1, 0.15) is 5.82 Å². The van der Waals surface area contributed by atoms with Crippen molar-refractivity contribution in [3.8, 4) is 0 Å². The van der Waals surface area contributed by atoms with Crippen LogP contribution in [0.1, 0.15) is 37.7 Å². The number of hydrogen-bond donors (Lipinski definition) is 1. The number of benzene rings is 1. The molecule has 3 nitrogen and oxygen atoms in total. The predicted molar refractivity (Wildman–Crippen MR) is 65.6 cm³/mol. The van der Waals surface area contributed by atoms with Crippen LogP contribution in [0.3, 0.4) is 0 Å². The molecule has 4 heteroatoms. The zero-order valence-corrected chi connectivity index (χ0v) is 9.91. The van der Waals surface area contributed by atoms with Crippen LogP contribution in [0.4, 0.5) is 0 Å². The monoisotopic (exact) mass is 235 g/mol. The van der Waals surface area contributed by atoms with Gasteiger partial charge in [0.15, 0.2) is 0 Å². The molecule has 1 aliphatic rings. The second kappa shape index (κ2) is 3.47. The second-order valence-electron chi connectivity index (χ2n) is 4.47. The standard InChI is InChI=1S/C12H14ClN3/c1-7(14)12-15-10-4-2-3-9(13)11(10)16(12)8-5-6-8/h2-4,7-8H,5-6,14H2,1H3. The van der Waals surface area contributed by atoms with Crippen LogP contribution < -0.4 is 5.73 Å². The molecule has 0 spiro atoms. The number of nitrogens with zero attached hydrogens (tertiary/aromatic N) is 2. The van der Waals surface area contributed by atoms with Crippen LogP contribution in [-0.2, 0) is 0 Å². The molecule has 0 bridgehead atoms. The number of halogens is 1. The zero-order chi connectivity index (χ0) is 11.3. The Labute approximate surface area is 99.2 Å². The summed E-state index contributed by atoms with van der Waals surface area (Å²) in [6.07, 6.45) is 2.41. The molecule has 0 aliphatic heterocycles. The minimum atomic E-state index is -0.0518. The Balaban J connectivity index is 2.34. The van der Waals surface area contributed by atoms with Gasteiger partial charge in [-0.1, -0.05) is 17.7 Å². The number of aromatic nitrogens is 2. The maximum atomic E-state index is 6.25. The van der Waals surface area contributed by atoms with E-state index >= 15 is 0 Å². The van der Waals surface area contributed by atoms with Gasteiger partial charge in [0.2, 0.25) is 0 Å². The molecule has 3 rings (SSSR count). The van der Waals surface area contributed by atoms with E-state index in [1.165, 1.54) is 12.8 Å². The Bertz CT molecular complexity index is 540. The molecule has 2 N–H and O–H groups in total. The van der Waals surface area contributed by atoms with Crippen molar-refractivity contribution in [2.24, 2.45) is 5.73 Å². The highest BCUT2D eigenvalue weighted by atomic mass is 35.5. The van der Waals surface area contributed by atoms with E-state index in [9.17, 15) is 0 Å². The van der Waals surface area contributed by atoms with Crippen molar-refractivity contribution in [3.63, 3.8) is 0 Å². The van der Waals surface area contributed by atoms with E-state index in [1.54, 1.807) is 0 Å². The van der Waals surface area contributed by atoms with Crippen molar-refractivity contribution >= 4 is 22.6 Å². The maximum absolute atomic E-state index is 6.25. The van der Waals surface area contributed by atoms with Crippen LogP contribution in [0, 0.1) is 0 Å². The molecule has 1 aromatic carbocycles. The van der Waals surface area contributed by atoms with Crippen LogP contribution in [0.2, 0.25) is 5.02 Å². The summed E-state index contributed by atoms with van der Waals surface area (Å²) < 4.78 is 2.22. The molecule has 1 heterocycles. The predicted octanol–water partition coefficient (Wildman–Crippen LogP) is 3.04. The van der Waals surface area contributed by atoms with Gasteiger partial charge in [0, 0.05) is 6.04 Å². The largest absolute Gasteiger partial charge is 0.322 e. The van der Waals surface area contributed by atoms with Crippen LogP contribution in [0.25, 0.3) is 11.0 Å². The lowest BCUT2D eigenvalue weighted by Crippen LogP contribution is -2.12. The summed E-state index contributed by atoms with van der Waals surface area (Å²) in [6, 6.07) is 6.33. The Kier molecular flexibility index (Phi) is 2.19. The first-order valence-electron chi connectivity index (χ1n) is 5.60. The first-order valence-corrected chi connectivity index (χ1v) is 5.98. The molecule has 0 radical (unpaired) electrons. The summed E-state index contributed by atoms with van der Waals surface area (Å²) in [7, 11) is 0. The van der Waals surface area contributed by atoms with Gasteiger partial charge in [-0.3, -0.25) is 0 Å². The Morgan fingerprint density at radius 1 is 1.50 bits per heavy atom. The molecule has 2 aromatic rings. The molecule has 1 fully saturated rings. The first kappa shape index (κ1) is 10.1. The van der Waals surface area contributed by atoms with Gasteiger partial charge in [-0.05, 0) is 31.9 Å². The molecular weight excluding hydrogens is 222 g/mol. The number of hydrogen-bond acceptors (Lipinski definition) is 2. The molecule has 0 saturated heterocycles. The lowest BCUT2D eigenvalue weighted by atomic mass is 10.3. The summed E-state index contributed by atoms with van der Waals surface area (Å²) >= 11 is 6.25. The fourth-order valence-corrected chi connectivity index (χ4v) is 2.41. The van der Waals surface area contributed by atoms with Crippen LogP contribution in [-0.4, -0.2) is 9.55 Å². The third-order valence-corrected chi connectivity index (χ3v) is 3.31. The molecule has 84 valence electrons. The van der Waals surface area contributed by atoms with E-state index in [1.807, 2.05) is 25.1 Å². The van der Waals surface area contributed by atoms with E-state index in [0.29, 0.717) is 6.04 Å². The van der Waals surface area contributed by atoms with Crippen molar-refractivity contribution in [2.75, 3.05) is 0 Å². The molecule has 16 heavy (non-hydrogen) atoms. The fourth-order valence-electron chi connectivity index (χ4n) is 2.15. The number of para-hydroxylation sites is 1. The maximum Gasteiger partial charge on any atom is 0.126 e. The third kappa shape index (κ3) is 1.43. The van der Waals surface area contributed by atoms with Crippen LogP contribution >= 0.6 is 11.6 Å². The average Bonchev–Trinajstić information content (AvgIpc) is 2.99. The number of nitrogens with two attached hydrogens (primary N) is 1. The number of imidazole rings is 1. The Hall–Kier alpha value is -1.06. The van der Waals surface area contributed by atoms with E-state index in [0.717, 1.165) is 21.9 Å². The highest BCUT2D eigenvalue weighted by Gasteiger charge is 2.29. The lowest BCUT2D eigenvalue weighted by Gasteiger charge is -2.10. The minimum Gasteiger partial charge on any atom is -0.322 e. The zero-order valence-electron chi connectivity index (χ0n) is 9.15. The van der Waals surface area contributed by atoms with Gasteiger partial charge < -0.3 is 10.3 Å². The smallest absolute Gasteiger partial charge is 0.126 e. The van der Waals surface area contributed by atoms with Gasteiger partial charge in [0.05, 0.1) is 22.1 Å². The number of rotatable bonds is 2. The first-order chi connectivity index (χ1) is 7.68. The van der Waals surface area contributed by atoms with Crippen molar-refractivity contribution in [3.05, 3.63) is 29.0 Å². The van der Waals surface area contributed by atoms with Crippen molar-refractivity contribution in [1.29, 1.82) is 0 Å². The van der Waals surface area contributed by atoms with E-state index < -0.39 is 0 Å². The summed E-state index contributed by atoms with van der Waals surface area (Å²) in [6.45, 7) is 1.97. The summed E-state index contributed by atoms with van der Waals surface area (Å²) in [5.74, 6) is 0.950. The third-order valence-electron chi connectivity index (χ3n) is 3.01. The van der Waals surface area contributed by atoms with Gasteiger partial charge in [-0.15, -0.1) is 0 Å². The topological polar surface area (TPSA) is 43.8 Å². The van der Waals surface area contributed by atoms with Gasteiger partial charge in [-0.2, -0.15) is 0 Å². The van der Waals surface area contributed by atoms with Crippen LogP contribution in [0.15, 0.2) is 18.2 Å². The van der Waals surface area contributed by atoms with Crippen molar-refractivity contribution in [2.45, 2.75) is 31.8 Å². The molecule has 1 unspecified atom stereocenters. The quantitative estimate of drug-likeness (QED) is 0.870. The summed E-state index contributed by atoms with van der Waals surface area (Å²) in [5.41, 5.74) is 7.96. The molecular formula is C12H14ClN3. The van der Waals surface area contributed by atoms with Crippen molar-refractivity contribution < 1.29 is 0 Å². The molecule has 1 aliphatic carbocycles. The van der Waals surface area contributed by atoms with Crippen LogP contribution in [0.5, 0.6) is 0 Å². The molecule has 0 amide bonds. The normalized spacial score (nSPS) is 17.9. The average molecular weight is 236 g/mol. The van der Waals surface area contributed by atoms with E-state index in [2.05, 4.69) is 9.55 Å². The molecule has 1 aromatic heterocycles. The van der Waals surface area contributed by atoms with Gasteiger partial charge >= 0.3 is 0 Å². The minimum absolute atomic E-state index is 0.0518.